The largest absolute Gasteiger partial charge is 0.312 e. The van der Waals surface area contributed by atoms with Crippen LogP contribution in [0.4, 0.5) is 0 Å². The first kappa shape index (κ1) is 16.2. The smallest absolute Gasteiger partial charge is 0.282 e. The van der Waals surface area contributed by atoms with E-state index in [2.05, 4.69) is 5.32 Å². The summed E-state index contributed by atoms with van der Waals surface area (Å²) in [6.45, 7) is 5.47. The molecule has 1 aliphatic carbocycles. The molecule has 2 aliphatic rings. The highest BCUT2D eigenvalue weighted by molar-refractivity contribution is 7.86. The van der Waals surface area contributed by atoms with Crippen molar-refractivity contribution in [3.05, 3.63) is 0 Å². The van der Waals surface area contributed by atoms with E-state index in [0.29, 0.717) is 12.6 Å². The van der Waals surface area contributed by atoms with Crippen molar-refractivity contribution in [2.24, 2.45) is 0 Å². The molecule has 2 rings (SSSR count). The fourth-order valence-corrected chi connectivity index (χ4v) is 4.57. The van der Waals surface area contributed by atoms with Gasteiger partial charge in [0.15, 0.2) is 0 Å². The normalized spacial score (nSPS) is 26.9. The van der Waals surface area contributed by atoms with Gasteiger partial charge in [0, 0.05) is 38.3 Å². The fourth-order valence-electron chi connectivity index (χ4n) is 2.72. The molecule has 1 saturated heterocycles. The molecule has 0 spiro atoms. The molecule has 0 radical (unpaired) electrons. The zero-order chi connectivity index (χ0) is 14.8. The Kier molecular flexibility index (Phi) is 5.45. The van der Waals surface area contributed by atoms with Crippen LogP contribution in [-0.2, 0) is 10.2 Å². The van der Waals surface area contributed by atoms with Crippen molar-refractivity contribution < 1.29 is 8.42 Å². The number of rotatable bonds is 7. The third kappa shape index (κ3) is 3.72. The summed E-state index contributed by atoms with van der Waals surface area (Å²) in [6, 6.07) is 0.814. The first-order valence-electron chi connectivity index (χ1n) is 7.95. The summed E-state index contributed by atoms with van der Waals surface area (Å²) in [6.07, 6.45) is 6.42. The third-order valence-electron chi connectivity index (χ3n) is 4.66. The van der Waals surface area contributed by atoms with Gasteiger partial charge in [0.1, 0.15) is 0 Å². The summed E-state index contributed by atoms with van der Waals surface area (Å²) in [7, 11) is -1.61. The van der Waals surface area contributed by atoms with Crippen LogP contribution >= 0.6 is 0 Å². The van der Waals surface area contributed by atoms with Crippen molar-refractivity contribution in [1.29, 1.82) is 0 Å². The first-order chi connectivity index (χ1) is 9.46. The van der Waals surface area contributed by atoms with E-state index >= 15 is 0 Å². The Bertz CT molecular complexity index is 409. The lowest BCUT2D eigenvalue weighted by Gasteiger charge is -2.38. The number of nitrogens with one attached hydrogen (secondary N) is 1. The molecule has 1 aliphatic heterocycles. The highest BCUT2D eigenvalue weighted by atomic mass is 32.2. The van der Waals surface area contributed by atoms with Gasteiger partial charge in [-0.1, -0.05) is 13.3 Å². The second-order valence-corrected chi connectivity index (χ2v) is 8.16. The lowest BCUT2D eigenvalue weighted by Crippen LogP contribution is -2.54. The van der Waals surface area contributed by atoms with Crippen molar-refractivity contribution >= 4 is 10.2 Å². The molecule has 2 fully saturated rings. The van der Waals surface area contributed by atoms with Gasteiger partial charge in [0.25, 0.3) is 10.2 Å². The first-order valence-corrected chi connectivity index (χ1v) is 9.34. The van der Waals surface area contributed by atoms with Crippen LogP contribution in [-0.4, -0.2) is 55.3 Å². The van der Waals surface area contributed by atoms with Crippen LogP contribution in [0.1, 0.15) is 52.4 Å². The Morgan fingerprint density at radius 1 is 1.30 bits per heavy atom. The maximum Gasteiger partial charge on any atom is 0.282 e. The number of hydrogen-bond donors (Lipinski definition) is 1. The van der Waals surface area contributed by atoms with Crippen molar-refractivity contribution in [3.8, 4) is 0 Å². The molecule has 118 valence electrons. The Labute approximate surface area is 123 Å². The van der Waals surface area contributed by atoms with Gasteiger partial charge in [-0.2, -0.15) is 17.0 Å². The molecule has 1 saturated carbocycles. The highest BCUT2D eigenvalue weighted by Crippen LogP contribution is 2.25. The Morgan fingerprint density at radius 2 is 2.00 bits per heavy atom. The third-order valence-corrected chi connectivity index (χ3v) is 6.83. The molecular formula is C14H29N3O2S. The molecule has 5 nitrogen and oxygen atoms in total. The molecule has 2 unspecified atom stereocenters. The SMILES string of the molecule is CCC(C)N(C)S(=O)(=O)N1CCCCC1CNC1CC1. The van der Waals surface area contributed by atoms with E-state index < -0.39 is 10.2 Å². The van der Waals surface area contributed by atoms with Crippen LogP contribution < -0.4 is 5.32 Å². The van der Waals surface area contributed by atoms with Crippen molar-refractivity contribution in [2.45, 2.75) is 70.5 Å². The van der Waals surface area contributed by atoms with E-state index in [1.165, 1.54) is 12.8 Å². The average molecular weight is 303 g/mol. The minimum atomic E-state index is -3.32. The van der Waals surface area contributed by atoms with Crippen LogP contribution in [0.2, 0.25) is 0 Å². The lowest BCUT2D eigenvalue weighted by atomic mass is 10.1. The summed E-state index contributed by atoms with van der Waals surface area (Å²) in [4.78, 5) is 0. The van der Waals surface area contributed by atoms with E-state index in [1.807, 2.05) is 13.8 Å². The monoisotopic (exact) mass is 303 g/mol. The highest BCUT2D eigenvalue weighted by Gasteiger charge is 2.36. The van der Waals surface area contributed by atoms with Gasteiger partial charge in [-0.3, -0.25) is 0 Å². The maximum absolute atomic E-state index is 12.8. The van der Waals surface area contributed by atoms with E-state index in [9.17, 15) is 8.42 Å². The van der Waals surface area contributed by atoms with E-state index in [-0.39, 0.29) is 12.1 Å². The fraction of sp³-hybridized carbons (Fsp3) is 1.00. The zero-order valence-corrected chi connectivity index (χ0v) is 13.8. The van der Waals surface area contributed by atoms with E-state index in [1.54, 1.807) is 15.7 Å². The van der Waals surface area contributed by atoms with E-state index in [4.69, 9.17) is 0 Å². The number of nitrogens with zero attached hydrogens (tertiary/aromatic N) is 2. The molecule has 0 aromatic heterocycles. The Morgan fingerprint density at radius 3 is 2.60 bits per heavy atom. The van der Waals surface area contributed by atoms with Gasteiger partial charge in [0.2, 0.25) is 0 Å². The minimum absolute atomic E-state index is 0.0546. The Hall–Kier alpha value is -0.170. The Balaban J connectivity index is 2.04. The number of hydrogen-bond acceptors (Lipinski definition) is 3. The molecule has 20 heavy (non-hydrogen) atoms. The minimum Gasteiger partial charge on any atom is -0.312 e. The zero-order valence-electron chi connectivity index (χ0n) is 13.0. The summed E-state index contributed by atoms with van der Waals surface area (Å²) >= 11 is 0. The molecule has 0 aromatic carbocycles. The molecule has 1 heterocycles. The average Bonchev–Trinajstić information content (AvgIpc) is 3.27. The van der Waals surface area contributed by atoms with Crippen LogP contribution in [0.25, 0.3) is 0 Å². The molecule has 0 bridgehead atoms. The quantitative estimate of drug-likeness (QED) is 0.777. The molecule has 0 amide bonds. The predicted octanol–water partition coefficient (Wildman–Crippen LogP) is 1.57. The van der Waals surface area contributed by atoms with Crippen molar-refractivity contribution in [2.75, 3.05) is 20.1 Å². The van der Waals surface area contributed by atoms with Crippen molar-refractivity contribution in [1.82, 2.24) is 13.9 Å². The van der Waals surface area contributed by atoms with Crippen LogP contribution in [0.5, 0.6) is 0 Å². The molecular weight excluding hydrogens is 274 g/mol. The molecule has 6 heteroatoms. The summed E-state index contributed by atoms with van der Waals surface area (Å²) in [5, 5.41) is 3.49. The number of piperidine rings is 1. The second kappa shape index (κ2) is 6.73. The second-order valence-electron chi connectivity index (χ2n) is 6.22. The van der Waals surface area contributed by atoms with Gasteiger partial charge in [-0.05, 0) is 39.0 Å². The topological polar surface area (TPSA) is 52.7 Å². The van der Waals surface area contributed by atoms with Crippen LogP contribution in [0.15, 0.2) is 0 Å². The van der Waals surface area contributed by atoms with E-state index in [0.717, 1.165) is 32.2 Å². The molecule has 2 atom stereocenters. The standard InChI is InChI=1S/C14H29N3O2S/c1-4-12(2)16(3)20(18,19)17-10-6-5-7-14(17)11-15-13-8-9-13/h12-15H,4-11H2,1-3H3. The molecule has 1 N–H and O–H groups in total. The van der Waals surface area contributed by atoms with Gasteiger partial charge in [-0.15, -0.1) is 0 Å². The predicted molar refractivity (Wildman–Crippen MR) is 81.8 cm³/mol. The van der Waals surface area contributed by atoms with Crippen LogP contribution in [0, 0.1) is 0 Å². The van der Waals surface area contributed by atoms with Gasteiger partial charge >= 0.3 is 0 Å². The summed E-state index contributed by atoms with van der Waals surface area (Å²) < 4.78 is 28.8. The van der Waals surface area contributed by atoms with Crippen LogP contribution in [0.3, 0.4) is 0 Å². The van der Waals surface area contributed by atoms with Gasteiger partial charge in [0.05, 0.1) is 0 Å². The van der Waals surface area contributed by atoms with Crippen molar-refractivity contribution in [3.63, 3.8) is 0 Å². The summed E-state index contributed by atoms with van der Waals surface area (Å²) in [5.74, 6) is 0. The molecule has 0 aromatic rings. The van der Waals surface area contributed by atoms with Gasteiger partial charge in [-0.25, -0.2) is 0 Å². The summed E-state index contributed by atoms with van der Waals surface area (Å²) in [5.41, 5.74) is 0. The van der Waals surface area contributed by atoms with Gasteiger partial charge < -0.3 is 5.32 Å². The maximum atomic E-state index is 12.8. The lowest BCUT2D eigenvalue weighted by molar-refractivity contribution is 0.222.